The first-order chi connectivity index (χ1) is 15.2. The van der Waals surface area contributed by atoms with Crippen molar-refractivity contribution in [2.24, 2.45) is 5.92 Å². The Morgan fingerprint density at radius 3 is 1.72 bits per heavy atom. The van der Waals surface area contributed by atoms with Crippen molar-refractivity contribution in [3.05, 3.63) is 71.3 Å². The maximum atomic E-state index is 13.5. The molecule has 1 aliphatic rings. The molecule has 4 nitrogen and oxygen atoms in total. The molecule has 2 aromatic carbocycles. The fraction of sp³-hybridized carbons (Fsp3) is 0.500. The largest absolute Gasteiger partial charge is 0.339 e. The lowest BCUT2D eigenvalue weighted by Gasteiger charge is -2.41. The third kappa shape index (κ3) is 6.36. The molecule has 0 radical (unpaired) electrons. The van der Waals surface area contributed by atoms with E-state index in [2.05, 4.69) is 37.9 Å². The topological polar surface area (TPSA) is 35.6 Å². The monoisotopic (exact) mass is 443 g/mol. The molecular formula is C26H35F2N3O. The van der Waals surface area contributed by atoms with Crippen molar-refractivity contribution >= 4 is 5.91 Å². The first kappa shape index (κ1) is 24.3. The van der Waals surface area contributed by atoms with E-state index in [4.69, 9.17) is 0 Å². The van der Waals surface area contributed by atoms with Gasteiger partial charge in [0.1, 0.15) is 11.6 Å². The molecule has 6 heteroatoms. The second-order valence-electron chi connectivity index (χ2n) is 9.37. The molecule has 1 unspecified atom stereocenters. The second-order valence-corrected chi connectivity index (χ2v) is 9.37. The van der Waals surface area contributed by atoms with Gasteiger partial charge in [-0.05, 0) is 47.7 Å². The summed E-state index contributed by atoms with van der Waals surface area (Å²) in [4.78, 5) is 17.5. The quantitative estimate of drug-likeness (QED) is 0.647. The Balaban J connectivity index is 1.75. The normalized spacial score (nSPS) is 16.2. The van der Waals surface area contributed by atoms with Gasteiger partial charge < -0.3 is 10.2 Å². The number of benzene rings is 2. The molecule has 32 heavy (non-hydrogen) atoms. The lowest BCUT2D eigenvalue weighted by Crippen LogP contribution is -2.55. The summed E-state index contributed by atoms with van der Waals surface area (Å²) in [7, 11) is 0. The number of rotatable bonds is 8. The summed E-state index contributed by atoms with van der Waals surface area (Å²) in [6.45, 7) is 11.1. The summed E-state index contributed by atoms with van der Waals surface area (Å²) in [6, 6.07) is 12.9. The van der Waals surface area contributed by atoms with Crippen LogP contribution >= 0.6 is 0 Å². The first-order valence-electron chi connectivity index (χ1n) is 11.5. The van der Waals surface area contributed by atoms with Gasteiger partial charge in [-0.2, -0.15) is 0 Å². The Morgan fingerprint density at radius 1 is 0.844 bits per heavy atom. The van der Waals surface area contributed by atoms with Crippen molar-refractivity contribution in [2.75, 3.05) is 26.2 Å². The van der Waals surface area contributed by atoms with Crippen LogP contribution in [0.15, 0.2) is 48.5 Å². The number of carbonyl (C=O) groups excluding carboxylic acids is 1. The third-order valence-electron chi connectivity index (χ3n) is 5.90. The molecule has 1 N–H and O–H groups in total. The molecule has 3 rings (SSSR count). The van der Waals surface area contributed by atoms with Crippen LogP contribution in [0.3, 0.4) is 0 Å². The lowest BCUT2D eigenvalue weighted by molar-refractivity contribution is -0.136. The zero-order chi connectivity index (χ0) is 23.3. The number of amides is 1. The fourth-order valence-electron chi connectivity index (χ4n) is 4.44. The van der Waals surface area contributed by atoms with E-state index in [-0.39, 0.29) is 35.7 Å². The molecule has 1 saturated heterocycles. The number of halogens is 2. The average molecular weight is 444 g/mol. The molecule has 1 aliphatic heterocycles. The van der Waals surface area contributed by atoms with Gasteiger partial charge >= 0.3 is 0 Å². The number of piperazine rings is 1. The Morgan fingerprint density at radius 2 is 1.31 bits per heavy atom. The average Bonchev–Trinajstić information content (AvgIpc) is 2.75. The van der Waals surface area contributed by atoms with Gasteiger partial charge in [0, 0.05) is 32.2 Å². The first-order valence-corrected chi connectivity index (χ1v) is 11.5. The molecule has 0 bridgehead atoms. The van der Waals surface area contributed by atoms with Crippen LogP contribution in [0.25, 0.3) is 0 Å². The van der Waals surface area contributed by atoms with E-state index in [1.807, 2.05) is 4.90 Å². The van der Waals surface area contributed by atoms with Gasteiger partial charge in [0.25, 0.3) is 0 Å². The van der Waals surface area contributed by atoms with Crippen molar-refractivity contribution < 1.29 is 13.6 Å². The van der Waals surface area contributed by atoms with Crippen molar-refractivity contribution in [3.8, 4) is 0 Å². The van der Waals surface area contributed by atoms with Gasteiger partial charge in [-0.15, -0.1) is 0 Å². The number of nitrogens with zero attached hydrogens (tertiary/aromatic N) is 2. The maximum Gasteiger partial charge on any atom is 0.239 e. The van der Waals surface area contributed by atoms with Crippen molar-refractivity contribution in [1.29, 1.82) is 0 Å². The van der Waals surface area contributed by atoms with Gasteiger partial charge in [0.2, 0.25) is 5.91 Å². The summed E-state index contributed by atoms with van der Waals surface area (Å²) >= 11 is 0. The minimum absolute atomic E-state index is 0.117. The number of hydrogen-bond donors (Lipinski definition) is 1. The Labute approximate surface area is 190 Å². The fourth-order valence-corrected chi connectivity index (χ4v) is 4.44. The molecule has 0 spiro atoms. The van der Waals surface area contributed by atoms with Gasteiger partial charge in [0.15, 0.2) is 0 Å². The van der Waals surface area contributed by atoms with E-state index >= 15 is 0 Å². The second kappa shape index (κ2) is 11.0. The van der Waals surface area contributed by atoms with E-state index in [0.29, 0.717) is 32.1 Å². The van der Waals surface area contributed by atoms with Crippen LogP contribution in [0.4, 0.5) is 8.78 Å². The predicted molar refractivity (Wildman–Crippen MR) is 124 cm³/mol. The summed E-state index contributed by atoms with van der Waals surface area (Å²) in [6.07, 6.45) is 0.811. The molecule has 2 aromatic rings. The molecule has 1 atom stereocenters. The SMILES string of the molecule is CC(C)CC(NC(C)C)C(=O)N1CCN(C(c2ccc(F)cc2)c2ccc(F)cc2)CC1. The van der Waals surface area contributed by atoms with Crippen LogP contribution in [-0.2, 0) is 4.79 Å². The van der Waals surface area contributed by atoms with E-state index in [0.717, 1.165) is 17.5 Å². The van der Waals surface area contributed by atoms with Crippen LogP contribution in [0.2, 0.25) is 0 Å². The van der Waals surface area contributed by atoms with E-state index in [1.165, 1.54) is 24.3 Å². The zero-order valence-corrected chi connectivity index (χ0v) is 19.5. The van der Waals surface area contributed by atoms with Gasteiger partial charge in [-0.3, -0.25) is 9.69 Å². The molecular weight excluding hydrogens is 408 g/mol. The molecule has 1 fully saturated rings. The molecule has 174 valence electrons. The van der Waals surface area contributed by atoms with Gasteiger partial charge in [-0.25, -0.2) is 8.78 Å². The molecule has 0 aliphatic carbocycles. The highest BCUT2D eigenvalue weighted by molar-refractivity contribution is 5.82. The van der Waals surface area contributed by atoms with E-state index < -0.39 is 0 Å². The Hall–Kier alpha value is -2.31. The Kier molecular flexibility index (Phi) is 8.38. The number of carbonyl (C=O) groups is 1. The number of hydrogen-bond acceptors (Lipinski definition) is 3. The summed E-state index contributed by atoms with van der Waals surface area (Å²) in [5.41, 5.74) is 1.91. The number of nitrogens with one attached hydrogen (secondary N) is 1. The molecule has 1 amide bonds. The third-order valence-corrected chi connectivity index (χ3v) is 5.90. The molecule has 1 heterocycles. The zero-order valence-electron chi connectivity index (χ0n) is 19.5. The van der Waals surface area contributed by atoms with Crippen molar-refractivity contribution in [3.63, 3.8) is 0 Å². The van der Waals surface area contributed by atoms with E-state index in [1.54, 1.807) is 24.3 Å². The minimum atomic E-state index is -0.282. The van der Waals surface area contributed by atoms with Gasteiger partial charge in [-0.1, -0.05) is 52.0 Å². The maximum absolute atomic E-state index is 13.5. The molecule has 0 aromatic heterocycles. The van der Waals surface area contributed by atoms with Crippen LogP contribution in [-0.4, -0.2) is 54.0 Å². The van der Waals surface area contributed by atoms with E-state index in [9.17, 15) is 13.6 Å². The smallest absolute Gasteiger partial charge is 0.239 e. The molecule has 0 saturated carbocycles. The van der Waals surface area contributed by atoms with Crippen molar-refractivity contribution in [2.45, 2.75) is 52.2 Å². The highest BCUT2D eigenvalue weighted by Crippen LogP contribution is 2.30. The minimum Gasteiger partial charge on any atom is -0.339 e. The van der Waals surface area contributed by atoms with Crippen LogP contribution in [0.5, 0.6) is 0 Å². The summed E-state index contributed by atoms with van der Waals surface area (Å²) in [5.74, 6) is 0.0247. The van der Waals surface area contributed by atoms with Crippen LogP contribution < -0.4 is 5.32 Å². The Bertz CT molecular complexity index is 804. The summed E-state index contributed by atoms with van der Waals surface area (Å²) in [5, 5.41) is 3.43. The lowest BCUT2D eigenvalue weighted by atomic mass is 9.96. The van der Waals surface area contributed by atoms with Crippen LogP contribution in [0.1, 0.15) is 51.3 Å². The van der Waals surface area contributed by atoms with Gasteiger partial charge in [0.05, 0.1) is 12.1 Å². The standard InChI is InChI=1S/C26H35F2N3O/c1-18(2)17-24(29-19(3)4)26(32)31-15-13-30(14-16-31)25(20-5-9-22(27)10-6-20)21-7-11-23(28)12-8-21/h5-12,18-19,24-25,29H,13-17H2,1-4H3. The van der Waals surface area contributed by atoms with Crippen LogP contribution in [0, 0.1) is 17.6 Å². The highest BCUT2D eigenvalue weighted by Gasteiger charge is 2.31. The highest BCUT2D eigenvalue weighted by atomic mass is 19.1. The predicted octanol–water partition coefficient (Wildman–Crippen LogP) is 4.61. The summed E-state index contributed by atoms with van der Waals surface area (Å²) < 4.78 is 27.1. The van der Waals surface area contributed by atoms with Crippen molar-refractivity contribution in [1.82, 2.24) is 15.1 Å².